The fourth-order valence-corrected chi connectivity index (χ4v) is 3.11. The molecule has 0 saturated carbocycles. The first-order valence-electron chi connectivity index (χ1n) is 11.3. The van der Waals surface area contributed by atoms with Crippen LogP contribution in [0.4, 0.5) is 0 Å². The summed E-state index contributed by atoms with van der Waals surface area (Å²) in [6.07, 6.45) is 28.5. The molecule has 0 aliphatic rings. The standard InChI is InChI=1S/C24H44O2/c1-3-5-6-7-8-9-10-11-12-13-14-15-16-17-18-19-20-21-22-23-26-24(25)4-2/h4,12-13H,2-3,5-11,14-23H2,1H3/b13-12+. The predicted octanol–water partition coefficient (Wildman–Crippen LogP) is 7.92. The highest BCUT2D eigenvalue weighted by molar-refractivity contribution is 5.81. The van der Waals surface area contributed by atoms with Crippen molar-refractivity contribution in [3.8, 4) is 0 Å². The fourth-order valence-electron chi connectivity index (χ4n) is 3.11. The smallest absolute Gasteiger partial charge is 0.330 e. The van der Waals surface area contributed by atoms with Gasteiger partial charge in [0, 0.05) is 6.08 Å². The molecule has 0 spiro atoms. The van der Waals surface area contributed by atoms with Crippen molar-refractivity contribution in [1.29, 1.82) is 0 Å². The molecule has 0 atom stereocenters. The molecule has 152 valence electrons. The molecule has 0 aliphatic heterocycles. The lowest BCUT2D eigenvalue weighted by molar-refractivity contribution is -0.137. The molecule has 0 aliphatic carbocycles. The van der Waals surface area contributed by atoms with Crippen molar-refractivity contribution in [2.45, 2.75) is 116 Å². The second-order valence-electron chi connectivity index (χ2n) is 7.37. The average Bonchev–Trinajstić information content (AvgIpc) is 2.66. The molecule has 0 N–H and O–H groups in total. The zero-order valence-corrected chi connectivity index (χ0v) is 17.5. The van der Waals surface area contributed by atoms with E-state index in [1.807, 2.05) is 0 Å². The number of rotatable bonds is 20. The third-order valence-electron chi connectivity index (χ3n) is 4.82. The Morgan fingerprint density at radius 2 is 1.12 bits per heavy atom. The molecule has 0 aromatic carbocycles. The van der Waals surface area contributed by atoms with Gasteiger partial charge in [-0.1, -0.05) is 103 Å². The van der Waals surface area contributed by atoms with Crippen molar-refractivity contribution < 1.29 is 9.53 Å². The van der Waals surface area contributed by atoms with Crippen molar-refractivity contribution in [2.75, 3.05) is 6.61 Å². The molecule has 0 heterocycles. The van der Waals surface area contributed by atoms with Crippen LogP contribution < -0.4 is 0 Å². The van der Waals surface area contributed by atoms with E-state index in [1.165, 1.54) is 102 Å². The van der Waals surface area contributed by atoms with Gasteiger partial charge in [0.1, 0.15) is 0 Å². The minimum absolute atomic E-state index is 0.304. The molecule has 2 heteroatoms. The molecule has 0 amide bonds. The first kappa shape index (κ1) is 24.9. The number of carbonyl (C=O) groups excluding carboxylic acids is 1. The van der Waals surface area contributed by atoms with Gasteiger partial charge in [0.15, 0.2) is 0 Å². The first-order chi connectivity index (χ1) is 12.8. The Balaban J connectivity index is 3.10. The number of hydrogen-bond acceptors (Lipinski definition) is 2. The van der Waals surface area contributed by atoms with Gasteiger partial charge < -0.3 is 4.74 Å². The van der Waals surface area contributed by atoms with Crippen LogP contribution in [0.1, 0.15) is 116 Å². The van der Waals surface area contributed by atoms with Crippen molar-refractivity contribution in [3.05, 3.63) is 24.8 Å². The van der Waals surface area contributed by atoms with Gasteiger partial charge in [-0.05, 0) is 32.1 Å². The summed E-state index contributed by atoms with van der Waals surface area (Å²) in [5, 5.41) is 0. The van der Waals surface area contributed by atoms with Crippen LogP contribution in [0, 0.1) is 0 Å². The number of hydrogen-bond donors (Lipinski definition) is 0. The molecule has 0 aromatic heterocycles. The highest BCUT2D eigenvalue weighted by Gasteiger charge is 1.96. The van der Waals surface area contributed by atoms with Crippen LogP contribution >= 0.6 is 0 Å². The van der Waals surface area contributed by atoms with E-state index >= 15 is 0 Å². The van der Waals surface area contributed by atoms with Crippen LogP contribution in [0.25, 0.3) is 0 Å². The molecule has 0 saturated heterocycles. The Labute approximate surface area is 163 Å². The molecule has 0 rings (SSSR count). The second kappa shape index (κ2) is 22.0. The third kappa shape index (κ3) is 21.0. The second-order valence-corrected chi connectivity index (χ2v) is 7.37. The lowest BCUT2D eigenvalue weighted by atomic mass is 10.1. The maximum absolute atomic E-state index is 10.9. The predicted molar refractivity (Wildman–Crippen MR) is 114 cm³/mol. The van der Waals surface area contributed by atoms with Crippen LogP contribution in [0.15, 0.2) is 24.8 Å². The van der Waals surface area contributed by atoms with E-state index in [0.29, 0.717) is 6.61 Å². The van der Waals surface area contributed by atoms with Gasteiger partial charge in [-0.15, -0.1) is 0 Å². The van der Waals surface area contributed by atoms with Gasteiger partial charge in [-0.25, -0.2) is 4.79 Å². The number of esters is 1. The number of unbranched alkanes of at least 4 members (excludes halogenated alkanes) is 15. The molecular formula is C24H44O2. The van der Waals surface area contributed by atoms with Crippen molar-refractivity contribution in [3.63, 3.8) is 0 Å². The summed E-state index contributed by atoms with van der Waals surface area (Å²) in [5.41, 5.74) is 0. The highest BCUT2D eigenvalue weighted by atomic mass is 16.5. The Morgan fingerprint density at radius 1 is 0.692 bits per heavy atom. The Kier molecular flexibility index (Phi) is 21.1. The summed E-state index contributed by atoms with van der Waals surface area (Å²) in [5.74, 6) is -0.304. The van der Waals surface area contributed by atoms with Gasteiger partial charge in [-0.2, -0.15) is 0 Å². The van der Waals surface area contributed by atoms with Crippen LogP contribution in [-0.2, 0) is 9.53 Å². The summed E-state index contributed by atoms with van der Waals surface area (Å²) in [4.78, 5) is 10.9. The Hall–Kier alpha value is -1.05. The lowest BCUT2D eigenvalue weighted by Gasteiger charge is -2.03. The summed E-state index contributed by atoms with van der Waals surface area (Å²) in [6.45, 7) is 6.20. The zero-order chi connectivity index (χ0) is 19.1. The van der Waals surface area contributed by atoms with Crippen LogP contribution in [0.3, 0.4) is 0 Å². The molecule has 2 nitrogen and oxygen atoms in total. The van der Waals surface area contributed by atoms with Crippen molar-refractivity contribution >= 4 is 5.97 Å². The number of carbonyl (C=O) groups is 1. The van der Waals surface area contributed by atoms with Gasteiger partial charge in [0.05, 0.1) is 6.61 Å². The normalized spacial score (nSPS) is 11.1. The zero-order valence-electron chi connectivity index (χ0n) is 17.5. The fraction of sp³-hybridized carbons (Fsp3) is 0.792. The van der Waals surface area contributed by atoms with Gasteiger partial charge in [-0.3, -0.25) is 0 Å². The van der Waals surface area contributed by atoms with E-state index < -0.39 is 0 Å². The molecule has 0 aromatic rings. The van der Waals surface area contributed by atoms with E-state index in [9.17, 15) is 4.79 Å². The minimum Gasteiger partial charge on any atom is -0.463 e. The lowest BCUT2D eigenvalue weighted by Crippen LogP contribution is -2.01. The summed E-state index contributed by atoms with van der Waals surface area (Å²) in [6, 6.07) is 0. The topological polar surface area (TPSA) is 26.3 Å². The summed E-state index contributed by atoms with van der Waals surface area (Å²) in [7, 11) is 0. The molecule has 0 fully saturated rings. The van der Waals surface area contributed by atoms with E-state index in [4.69, 9.17) is 4.74 Å². The summed E-state index contributed by atoms with van der Waals surface area (Å²) >= 11 is 0. The van der Waals surface area contributed by atoms with Gasteiger partial charge in [0.2, 0.25) is 0 Å². The van der Waals surface area contributed by atoms with Gasteiger partial charge >= 0.3 is 5.97 Å². The maximum Gasteiger partial charge on any atom is 0.330 e. The SMILES string of the molecule is C=CC(=O)OCCCCCCCCCC/C=C/CCCCCCCCC. The van der Waals surface area contributed by atoms with Crippen LogP contribution in [-0.4, -0.2) is 12.6 Å². The van der Waals surface area contributed by atoms with E-state index in [0.717, 1.165) is 12.8 Å². The molecular weight excluding hydrogens is 320 g/mol. The van der Waals surface area contributed by atoms with E-state index in [1.54, 1.807) is 0 Å². The largest absolute Gasteiger partial charge is 0.463 e. The molecule has 0 radical (unpaired) electrons. The van der Waals surface area contributed by atoms with Gasteiger partial charge in [0.25, 0.3) is 0 Å². The quantitative estimate of drug-likeness (QED) is 0.0948. The third-order valence-corrected chi connectivity index (χ3v) is 4.82. The minimum atomic E-state index is -0.304. The first-order valence-corrected chi connectivity index (χ1v) is 11.3. The van der Waals surface area contributed by atoms with Crippen LogP contribution in [0.2, 0.25) is 0 Å². The van der Waals surface area contributed by atoms with Crippen molar-refractivity contribution in [1.82, 2.24) is 0 Å². The molecule has 26 heavy (non-hydrogen) atoms. The maximum atomic E-state index is 10.9. The summed E-state index contributed by atoms with van der Waals surface area (Å²) < 4.78 is 4.96. The van der Waals surface area contributed by atoms with Crippen molar-refractivity contribution in [2.24, 2.45) is 0 Å². The number of allylic oxidation sites excluding steroid dienone is 2. The Bertz CT molecular complexity index is 333. The highest BCUT2D eigenvalue weighted by Crippen LogP contribution is 2.11. The number of ether oxygens (including phenoxy) is 1. The molecule has 0 bridgehead atoms. The van der Waals surface area contributed by atoms with Crippen LogP contribution in [0.5, 0.6) is 0 Å². The van der Waals surface area contributed by atoms with E-state index in [2.05, 4.69) is 25.7 Å². The van der Waals surface area contributed by atoms with E-state index in [-0.39, 0.29) is 5.97 Å². The monoisotopic (exact) mass is 364 g/mol. The molecule has 0 unspecified atom stereocenters. The Morgan fingerprint density at radius 3 is 1.58 bits per heavy atom. The average molecular weight is 365 g/mol.